The molecule has 0 saturated carbocycles. The first-order chi connectivity index (χ1) is 7.16. The van der Waals surface area contributed by atoms with Crippen LogP contribution in [-0.2, 0) is 18.3 Å². The van der Waals surface area contributed by atoms with Gasteiger partial charge < -0.3 is 0 Å². The Morgan fingerprint density at radius 1 is 1.40 bits per heavy atom. The third-order valence-corrected chi connectivity index (χ3v) is 3.79. The van der Waals surface area contributed by atoms with Crippen LogP contribution in [0.15, 0.2) is 40.9 Å². The average Bonchev–Trinajstić information content (AvgIpc) is 2.57. The van der Waals surface area contributed by atoms with Crippen LogP contribution in [0.25, 0.3) is 0 Å². The Hall–Kier alpha value is -0.487. The molecule has 0 N–H and O–H groups in total. The normalized spacial score (nSPS) is 26.4. The first-order valence-corrected chi connectivity index (χ1v) is 6.31. The van der Waals surface area contributed by atoms with E-state index in [4.69, 9.17) is 4.99 Å². The number of hydrogen-bond acceptors (Lipinski definition) is 1. The summed E-state index contributed by atoms with van der Waals surface area (Å²) in [7, 11) is 0. The van der Waals surface area contributed by atoms with Gasteiger partial charge in [0.1, 0.15) is 0 Å². The summed E-state index contributed by atoms with van der Waals surface area (Å²) in [4.78, 5) is 4.73. The van der Waals surface area contributed by atoms with E-state index >= 15 is 0 Å². The van der Waals surface area contributed by atoms with Gasteiger partial charge in [-0.1, -0.05) is 0 Å². The minimum absolute atomic E-state index is 0.0666. The fourth-order valence-corrected chi connectivity index (χ4v) is 2.04. The van der Waals surface area contributed by atoms with Crippen LogP contribution in [0.3, 0.4) is 0 Å². The molecule has 1 unspecified atom stereocenters. The molecule has 1 heterocycles. The van der Waals surface area contributed by atoms with Gasteiger partial charge in [-0.15, -0.1) is 0 Å². The number of allylic oxidation sites excluding steroid dienone is 4. The van der Waals surface area contributed by atoms with Gasteiger partial charge in [0.2, 0.25) is 0 Å². The molecule has 1 atom stereocenters. The molecule has 1 rings (SSSR count). The van der Waals surface area contributed by atoms with Crippen molar-refractivity contribution in [2.24, 2.45) is 4.99 Å². The predicted octanol–water partition coefficient (Wildman–Crippen LogP) is 3.56. The third-order valence-electron chi connectivity index (χ3n) is 2.48. The van der Waals surface area contributed by atoms with E-state index < -0.39 is 0 Å². The summed E-state index contributed by atoms with van der Waals surface area (Å²) >= 11 is 2.77. The van der Waals surface area contributed by atoms with Crippen molar-refractivity contribution in [3.05, 3.63) is 36.0 Å². The van der Waals surface area contributed by atoms with Gasteiger partial charge in [-0.2, -0.15) is 0 Å². The minimum atomic E-state index is -0.0666. The molecule has 1 aliphatic heterocycles. The van der Waals surface area contributed by atoms with Crippen molar-refractivity contribution >= 4 is 5.71 Å². The van der Waals surface area contributed by atoms with Crippen molar-refractivity contribution in [1.82, 2.24) is 0 Å². The molecule has 0 fully saturated rings. The molecule has 0 aromatic carbocycles. The van der Waals surface area contributed by atoms with Gasteiger partial charge in [-0.05, 0) is 0 Å². The zero-order chi connectivity index (χ0) is 11.3. The third kappa shape index (κ3) is 2.98. The van der Waals surface area contributed by atoms with Crippen LogP contribution in [0, 0.1) is 0 Å². The first-order valence-electron chi connectivity index (χ1n) is 5.44. The number of rotatable bonds is 4. The van der Waals surface area contributed by atoms with Crippen LogP contribution in [0.4, 0.5) is 0 Å². The molecular formula is C13H18NRu. The second-order valence-electron chi connectivity index (χ2n) is 3.53. The Kier molecular flexibility index (Phi) is 4.66. The van der Waals surface area contributed by atoms with Crippen molar-refractivity contribution in [2.75, 3.05) is 0 Å². The van der Waals surface area contributed by atoms with Gasteiger partial charge in [0.15, 0.2) is 0 Å². The zero-order valence-corrected chi connectivity index (χ0v) is 11.3. The second-order valence-corrected chi connectivity index (χ2v) is 4.97. The van der Waals surface area contributed by atoms with E-state index in [0.717, 1.165) is 12.8 Å². The molecule has 1 nitrogen and oxygen atoms in total. The monoisotopic (exact) mass is 290 g/mol. The SMILES string of the molecule is CC=CC=CC1=CC(CC)=N[C]1([Ru])CC. The summed E-state index contributed by atoms with van der Waals surface area (Å²) in [5.74, 6) is 0. The summed E-state index contributed by atoms with van der Waals surface area (Å²) < 4.78 is -0.0666. The van der Waals surface area contributed by atoms with Gasteiger partial charge >= 0.3 is 103 Å². The summed E-state index contributed by atoms with van der Waals surface area (Å²) in [6.45, 7) is 6.35. The molecule has 83 valence electrons. The van der Waals surface area contributed by atoms with Crippen LogP contribution < -0.4 is 0 Å². The Morgan fingerprint density at radius 3 is 2.67 bits per heavy atom. The van der Waals surface area contributed by atoms with Crippen molar-refractivity contribution in [3.8, 4) is 0 Å². The van der Waals surface area contributed by atoms with E-state index in [9.17, 15) is 0 Å². The predicted molar refractivity (Wildman–Crippen MR) is 62.8 cm³/mol. The van der Waals surface area contributed by atoms with Gasteiger partial charge in [-0.3, -0.25) is 0 Å². The second kappa shape index (κ2) is 5.56. The Bertz CT molecular complexity index is 336. The van der Waals surface area contributed by atoms with Gasteiger partial charge in [0, 0.05) is 0 Å². The quantitative estimate of drug-likeness (QED) is 0.554. The molecule has 0 radical (unpaired) electrons. The summed E-state index contributed by atoms with van der Waals surface area (Å²) in [6.07, 6.45) is 12.6. The number of hydrogen-bond donors (Lipinski definition) is 0. The summed E-state index contributed by atoms with van der Waals surface area (Å²) in [6, 6.07) is 0. The van der Waals surface area contributed by atoms with Gasteiger partial charge in [0.05, 0.1) is 0 Å². The average molecular weight is 289 g/mol. The van der Waals surface area contributed by atoms with Gasteiger partial charge in [-0.25, -0.2) is 0 Å². The van der Waals surface area contributed by atoms with E-state index in [0.29, 0.717) is 0 Å². The van der Waals surface area contributed by atoms with Crippen LogP contribution >= 0.6 is 0 Å². The Morgan fingerprint density at radius 2 is 2.13 bits per heavy atom. The van der Waals surface area contributed by atoms with Gasteiger partial charge in [0.25, 0.3) is 0 Å². The Balaban J connectivity index is 2.89. The van der Waals surface area contributed by atoms with Crippen molar-refractivity contribution in [1.29, 1.82) is 0 Å². The molecule has 0 aliphatic carbocycles. The summed E-state index contributed by atoms with van der Waals surface area (Å²) in [5.41, 5.74) is 2.51. The number of aliphatic imine (C=N–C) groups is 1. The Labute approximate surface area is 103 Å². The van der Waals surface area contributed by atoms with Crippen LogP contribution in [0.1, 0.15) is 33.6 Å². The van der Waals surface area contributed by atoms with E-state index in [2.05, 4.69) is 50.4 Å². The fraction of sp³-hybridized carbons (Fsp3) is 0.462. The molecule has 1 aliphatic rings. The van der Waals surface area contributed by atoms with E-state index in [1.165, 1.54) is 11.3 Å². The molecule has 0 aromatic heterocycles. The topological polar surface area (TPSA) is 12.4 Å². The van der Waals surface area contributed by atoms with Crippen molar-refractivity contribution in [3.63, 3.8) is 0 Å². The fourth-order valence-electron chi connectivity index (χ4n) is 1.52. The van der Waals surface area contributed by atoms with Crippen molar-refractivity contribution in [2.45, 2.75) is 37.7 Å². The molecule has 2 heteroatoms. The van der Waals surface area contributed by atoms with Crippen molar-refractivity contribution < 1.29 is 18.3 Å². The summed E-state index contributed by atoms with van der Waals surface area (Å²) in [5, 5.41) is 0. The molecule has 0 aromatic rings. The maximum atomic E-state index is 4.73. The van der Waals surface area contributed by atoms with Crippen LogP contribution in [0.5, 0.6) is 0 Å². The molecule has 0 saturated heterocycles. The van der Waals surface area contributed by atoms with E-state index in [-0.39, 0.29) is 4.13 Å². The molecular weight excluding hydrogens is 271 g/mol. The standard InChI is InChI=1S/C13H18N.Ru/c1-4-7-8-9-11-10-12(5-2)14-13(11)6-3;/h4,7-10H,5-6H2,1-3H3;. The first kappa shape index (κ1) is 12.6. The molecule has 0 bridgehead atoms. The van der Waals surface area contributed by atoms with E-state index in [1.54, 1.807) is 0 Å². The van der Waals surface area contributed by atoms with E-state index in [1.807, 2.05) is 19.1 Å². The van der Waals surface area contributed by atoms with Crippen LogP contribution in [-0.4, -0.2) is 9.84 Å². The number of nitrogens with zero attached hydrogens (tertiary/aromatic N) is 1. The van der Waals surface area contributed by atoms with Crippen LogP contribution in [0.2, 0.25) is 0 Å². The maximum absolute atomic E-state index is 4.73. The molecule has 0 amide bonds. The molecule has 0 spiro atoms. The molecule has 15 heavy (non-hydrogen) atoms. The zero-order valence-electron chi connectivity index (χ0n) is 9.60.